The van der Waals surface area contributed by atoms with Crippen LogP contribution < -0.4 is 21.9 Å². The molecule has 4 amide bonds. The van der Waals surface area contributed by atoms with Crippen LogP contribution >= 0.6 is 0 Å². The Kier molecular flexibility index (Phi) is 7.39. The quantitative estimate of drug-likeness (QED) is 0.366. The topological polar surface area (TPSA) is 154 Å². The molecule has 1 aliphatic heterocycles. The van der Waals surface area contributed by atoms with Gasteiger partial charge in [0.25, 0.3) is 5.56 Å². The van der Waals surface area contributed by atoms with Crippen LogP contribution in [0.1, 0.15) is 32.8 Å². The van der Waals surface area contributed by atoms with Crippen molar-refractivity contribution in [2.24, 2.45) is 34.8 Å². The fraction of sp³-hybridized carbons (Fsp3) is 0.577. The number of hydrogen-bond acceptors (Lipinski definition) is 5. The lowest BCUT2D eigenvalue weighted by molar-refractivity contribution is -0.176. The maximum absolute atomic E-state index is 13.8. The van der Waals surface area contributed by atoms with Gasteiger partial charge >= 0.3 is 12.1 Å². The number of H-pyrrole nitrogens is 1. The van der Waals surface area contributed by atoms with Crippen LogP contribution in [0.25, 0.3) is 0 Å². The molecule has 2 fully saturated rings. The third kappa shape index (κ3) is 5.57. The van der Waals surface area contributed by atoms with E-state index in [1.54, 1.807) is 6.07 Å². The second kappa shape index (κ2) is 10.2. The molecule has 0 unspecified atom stereocenters. The molecule has 0 radical (unpaired) electrons. The van der Waals surface area contributed by atoms with Gasteiger partial charge in [0, 0.05) is 24.7 Å². The number of alkyl halides is 3. The van der Waals surface area contributed by atoms with Gasteiger partial charge < -0.3 is 26.3 Å². The summed E-state index contributed by atoms with van der Waals surface area (Å²) >= 11 is 0. The second-order valence-corrected chi connectivity index (χ2v) is 11.6. The number of rotatable bonds is 7. The normalized spacial score (nSPS) is 27.1. The first-order chi connectivity index (χ1) is 18.1. The Morgan fingerprint density at radius 1 is 1.13 bits per heavy atom. The van der Waals surface area contributed by atoms with Crippen molar-refractivity contribution in [3.05, 3.63) is 46.4 Å². The Bertz CT molecular complexity index is 1250. The molecular weight excluding hydrogens is 519 g/mol. The number of aromatic amines is 1. The molecule has 4 rings (SSSR count). The van der Waals surface area contributed by atoms with Crippen LogP contribution in [0.2, 0.25) is 0 Å². The van der Waals surface area contributed by atoms with Gasteiger partial charge in [-0.15, -0.1) is 0 Å². The number of likely N-dealkylation sites (tertiary alicyclic amines) is 1. The van der Waals surface area contributed by atoms with Gasteiger partial charge in [-0.05, 0) is 41.6 Å². The highest BCUT2D eigenvalue weighted by Gasteiger charge is 2.59. The average molecular weight is 552 g/mol. The van der Waals surface area contributed by atoms with E-state index < -0.39 is 58.9 Å². The highest BCUT2D eigenvalue weighted by atomic mass is 19.4. The molecule has 212 valence electrons. The third-order valence-electron chi connectivity index (χ3n) is 7.98. The van der Waals surface area contributed by atoms with Gasteiger partial charge in [-0.3, -0.25) is 24.0 Å². The minimum atomic E-state index is -5.20. The van der Waals surface area contributed by atoms with Gasteiger partial charge in [-0.25, -0.2) is 0 Å². The SMILES string of the molecule is CC(C)(C)[C@H](NC(=O)C(F)(F)F)C(=O)N1C[C@H]2[C@@H]([C@H]1C(=O)N[C@@H](Cc1ccc[nH]c1=O)C(N)=O)[C@H]1C=C[C@@H]2C1. The van der Waals surface area contributed by atoms with E-state index in [9.17, 15) is 37.1 Å². The van der Waals surface area contributed by atoms with E-state index in [-0.39, 0.29) is 42.2 Å². The second-order valence-electron chi connectivity index (χ2n) is 11.6. The minimum Gasteiger partial charge on any atom is -0.368 e. The molecule has 13 heteroatoms. The zero-order valence-electron chi connectivity index (χ0n) is 21.7. The van der Waals surface area contributed by atoms with Crippen molar-refractivity contribution >= 4 is 23.6 Å². The highest BCUT2D eigenvalue weighted by molar-refractivity contribution is 5.96. The van der Waals surface area contributed by atoms with Gasteiger partial charge in [0.2, 0.25) is 17.7 Å². The lowest BCUT2D eigenvalue weighted by Gasteiger charge is -2.37. The Hall–Kier alpha value is -3.64. The van der Waals surface area contributed by atoms with Crippen LogP contribution in [-0.4, -0.2) is 64.4 Å². The highest BCUT2D eigenvalue weighted by Crippen LogP contribution is 2.54. The molecule has 5 N–H and O–H groups in total. The number of fused-ring (bicyclic) bond motifs is 5. The van der Waals surface area contributed by atoms with Crippen molar-refractivity contribution in [2.75, 3.05) is 6.54 Å². The largest absolute Gasteiger partial charge is 0.471 e. The third-order valence-corrected chi connectivity index (χ3v) is 7.98. The molecule has 0 aromatic carbocycles. The Morgan fingerprint density at radius 2 is 1.79 bits per heavy atom. The first kappa shape index (κ1) is 28.4. The van der Waals surface area contributed by atoms with Gasteiger partial charge in [-0.1, -0.05) is 39.0 Å². The van der Waals surface area contributed by atoms with Crippen molar-refractivity contribution in [3.63, 3.8) is 0 Å². The number of primary amides is 1. The molecule has 1 saturated carbocycles. The number of carbonyl (C=O) groups excluding carboxylic acids is 4. The van der Waals surface area contributed by atoms with Gasteiger partial charge in [0.05, 0.1) is 0 Å². The Labute approximate surface area is 222 Å². The number of halogens is 3. The average Bonchev–Trinajstić information content (AvgIpc) is 3.54. The molecule has 2 heterocycles. The summed E-state index contributed by atoms with van der Waals surface area (Å²) in [5.74, 6) is -5.01. The lowest BCUT2D eigenvalue weighted by Crippen LogP contribution is -2.61. The van der Waals surface area contributed by atoms with E-state index in [0.29, 0.717) is 0 Å². The molecule has 10 nitrogen and oxygen atoms in total. The number of allylic oxidation sites excluding steroid dienone is 2. The lowest BCUT2D eigenvalue weighted by atomic mass is 9.81. The summed E-state index contributed by atoms with van der Waals surface area (Å²) < 4.78 is 39.3. The van der Waals surface area contributed by atoms with Crippen molar-refractivity contribution in [3.8, 4) is 0 Å². The number of nitrogens with one attached hydrogen (secondary N) is 3. The molecule has 1 aromatic rings. The fourth-order valence-corrected chi connectivity index (χ4v) is 6.12. The number of amides is 4. The molecule has 39 heavy (non-hydrogen) atoms. The molecule has 2 bridgehead atoms. The van der Waals surface area contributed by atoms with Gasteiger partial charge in [-0.2, -0.15) is 13.2 Å². The minimum absolute atomic E-state index is 0.0320. The summed E-state index contributed by atoms with van der Waals surface area (Å²) in [7, 11) is 0. The first-order valence-electron chi connectivity index (χ1n) is 12.7. The van der Waals surface area contributed by atoms with Crippen LogP contribution in [0.3, 0.4) is 0 Å². The predicted octanol–water partition coefficient (Wildman–Crippen LogP) is 0.630. The van der Waals surface area contributed by atoms with E-state index in [1.807, 2.05) is 17.5 Å². The summed E-state index contributed by atoms with van der Waals surface area (Å²) in [6, 6.07) is -0.899. The zero-order chi connectivity index (χ0) is 28.9. The monoisotopic (exact) mass is 551 g/mol. The molecule has 0 spiro atoms. The maximum Gasteiger partial charge on any atom is 0.471 e. The van der Waals surface area contributed by atoms with Crippen molar-refractivity contribution in [1.29, 1.82) is 0 Å². The zero-order valence-corrected chi connectivity index (χ0v) is 21.7. The summed E-state index contributed by atoms with van der Waals surface area (Å²) in [4.78, 5) is 67.4. The van der Waals surface area contributed by atoms with E-state index in [4.69, 9.17) is 5.73 Å². The summed E-state index contributed by atoms with van der Waals surface area (Å²) in [6.45, 7) is 4.67. The van der Waals surface area contributed by atoms with Gasteiger partial charge in [0.15, 0.2) is 0 Å². The smallest absolute Gasteiger partial charge is 0.368 e. The molecule has 3 aliphatic rings. The van der Waals surface area contributed by atoms with E-state index in [2.05, 4.69) is 10.3 Å². The van der Waals surface area contributed by atoms with Crippen molar-refractivity contribution in [2.45, 2.75) is 57.9 Å². The van der Waals surface area contributed by atoms with E-state index >= 15 is 0 Å². The summed E-state index contributed by atoms with van der Waals surface area (Å²) in [5, 5.41) is 4.40. The van der Waals surface area contributed by atoms with E-state index in [1.165, 1.54) is 37.9 Å². The number of aromatic nitrogens is 1. The van der Waals surface area contributed by atoms with Crippen LogP contribution in [0, 0.1) is 29.1 Å². The standard InChI is InChI=1S/C26H32F3N5O5/c1-25(2,3)19(33-24(39)26(27,28)29)23(38)34-11-15-12-6-7-13(9-12)17(15)18(34)22(37)32-16(20(30)35)10-14-5-4-8-31-21(14)36/h4-8,12-13,15-19H,9-11H2,1-3H3,(H2,30,35)(H,31,36)(H,32,37)(H,33,39)/t12-,13+,15-,16+,17+,18+,19-/m1/s1. The number of carbonyl (C=O) groups is 4. The van der Waals surface area contributed by atoms with Crippen molar-refractivity contribution < 1.29 is 32.3 Å². The van der Waals surface area contributed by atoms with Crippen molar-refractivity contribution in [1.82, 2.24) is 20.5 Å². The molecule has 1 aromatic heterocycles. The van der Waals surface area contributed by atoms with Crippen LogP contribution in [-0.2, 0) is 25.6 Å². The van der Waals surface area contributed by atoms with Crippen LogP contribution in [0.15, 0.2) is 35.3 Å². The van der Waals surface area contributed by atoms with Crippen LogP contribution in [0.4, 0.5) is 13.2 Å². The number of pyridine rings is 1. The number of nitrogens with zero attached hydrogens (tertiary/aromatic N) is 1. The number of hydrogen-bond donors (Lipinski definition) is 4. The Balaban J connectivity index is 1.63. The predicted molar refractivity (Wildman–Crippen MR) is 133 cm³/mol. The van der Waals surface area contributed by atoms with Gasteiger partial charge in [0.1, 0.15) is 18.1 Å². The number of nitrogens with two attached hydrogens (primary N) is 1. The van der Waals surface area contributed by atoms with E-state index in [0.717, 1.165) is 6.42 Å². The molecule has 1 saturated heterocycles. The first-order valence-corrected chi connectivity index (χ1v) is 12.7. The fourth-order valence-electron chi connectivity index (χ4n) is 6.12. The summed E-state index contributed by atoms with van der Waals surface area (Å²) in [6.07, 6.45) is 0.807. The van der Waals surface area contributed by atoms with Crippen LogP contribution in [0.5, 0.6) is 0 Å². The Morgan fingerprint density at radius 3 is 2.38 bits per heavy atom. The maximum atomic E-state index is 13.8. The molecule has 2 aliphatic carbocycles. The molecular formula is C26H32F3N5O5. The summed E-state index contributed by atoms with van der Waals surface area (Å²) in [5.41, 5.74) is 4.18. The molecule has 7 atom stereocenters.